The first-order valence-corrected chi connectivity index (χ1v) is 6.85. The van der Waals surface area contributed by atoms with Crippen molar-refractivity contribution in [2.24, 2.45) is 0 Å². The van der Waals surface area contributed by atoms with E-state index in [1.165, 1.54) is 6.42 Å². The highest BCUT2D eigenvalue weighted by molar-refractivity contribution is 5.37. The van der Waals surface area contributed by atoms with Crippen molar-refractivity contribution in [3.8, 4) is 0 Å². The standard InChI is InChI=1S/C13H20N4O2/c18-10-11-7-15-13(8-14-11)17-2-1-12(9-17)16-3-5-19-6-4-16/h7-8,12,18H,1-6,9-10H2. The average molecular weight is 264 g/mol. The van der Waals surface area contributed by atoms with Gasteiger partial charge in [0.1, 0.15) is 5.82 Å². The second kappa shape index (κ2) is 5.81. The number of aromatic nitrogens is 2. The summed E-state index contributed by atoms with van der Waals surface area (Å²) in [7, 11) is 0. The number of morpholine rings is 1. The number of hydrogen-bond donors (Lipinski definition) is 1. The van der Waals surface area contributed by atoms with Crippen molar-refractivity contribution >= 4 is 5.82 Å². The van der Waals surface area contributed by atoms with Crippen LogP contribution in [0.25, 0.3) is 0 Å². The maximum atomic E-state index is 8.97. The highest BCUT2D eigenvalue weighted by Gasteiger charge is 2.29. The molecule has 19 heavy (non-hydrogen) atoms. The van der Waals surface area contributed by atoms with E-state index >= 15 is 0 Å². The van der Waals surface area contributed by atoms with Crippen LogP contribution in [0.3, 0.4) is 0 Å². The Bertz CT molecular complexity index is 406. The van der Waals surface area contributed by atoms with Crippen LogP contribution >= 0.6 is 0 Å². The predicted octanol–water partition coefficient (Wildman–Crippen LogP) is -0.120. The molecule has 3 heterocycles. The van der Waals surface area contributed by atoms with Crippen LogP contribution in [0.2, 0.25) is 0 Å². The maximum absolute atomic E-state index is 8.97. The van der Waals surface area contributed by atoms with Gasteiger partial charge in [-0.15, -0.1) is 0 Å². The smallest absolute Gasteiger partial charge is 0.147 e. The van der Waals surface area contributed by atoms with Crippen LogP contribution in [0.1, 0.15) is 12.1 Å². The summed E-state index contributed by atoms with van der Waals surface area (Å²) in [6.45, 7) is 5.75. The Morgan fingerprint density at radius 2 is 2.05 bits per heavy atom. The molecule has 1 N–H and O–H groups in total. The zero-order valence-electron chi connectivity index (χ0n) is 11.0. The van der Waals surface area contributed by atoms with Crippen LogP contribution in [-0.4, -0.2) is 65.4 Å². The van der Waals surface area contributed by atoms with Crippen molar-refractivity contribution in [3.63, 3.8) is 0 Å². The number of aliphatic hydroxyl groups excluding tert-OH is 1. The summed E-state index contributed by atoms with van der Waals surface area (Å²) in [6, 6.07) is 0.600. The third-order valence-corrected chi connectivity index (χ3v) is 3.90. The molecular formula is C13H20N4O2. The van der Waals surface area contributed by atoms with Crippen LogP contribution in [0.5, 0.6) is 0 Å². The quantitative estimate of drug-likeness (QED) is 0.821. The Morgan fingerprint density at radius 3 is 2.74 bits per heavy atom. The molecule has 2 fully saturated rings. The zero-order chi connectivity index (χ0) is 13.1. The molecule has 6 nitrogen and oxygen atoms in total. The molecule has 0 saturated carbocycles. The van der Waals surface area contributed by atoms with E-state index in [9.17, 15) is 0 Å². The van der Waals surface area contributed by atoms with Gasteiger partial charge in [0.15, 0.2) is 0 Å². The monoisotopic (exact) mass is 264 g/mol. The van der Waals surface area contributed by atoms with Crippen LogP contribution in [0.4, 0.5) is 5.82 Å². The summed E-state index contributed by atoms with van der Waals surface area (Å²) < 4.78 is 5.39. The topological polar surface area (TPSA) is 61.7 Å². The van der Waals surface area contributed by atoms with Crippen molar-refractivity contribution in [2.45, 2.75) is 19.1 Å². The Labute approximate surface area is 113 Å². The fraction of sp³-hybridized carbons (Fsp3) is 0.692. The third kappa shape index (κ3) is 2.86. The van der Waals surface area contributed by atoms with Crippen molar-refractivity contribution in [3.05, 3.63) is 18.1 Å². The molecule has 0 aromatic carbocycles. The number of hydrogen-bond acceptors (Lipinski definition) is 6. The first kappa shape index (κ1) is 12.8. The fourth-order valence-corrected chi connectivity index (χ4v) is 2.78. The lowest BCUT2D eigenvalue weighted by atomic mass is 10.2. The lowest BCUT2D eigenvalue weighted by molar-refractivity contribution is 0.0209. The van der Waals surface area contributed by atoms with Gasteiger partial charge in [0, 0.05) is 32.2 Å². The summed E-state index contributed by atoms with van der Waals surface area (Å²) in [5, 5.41) is 8.97. The Balaban J connectivity index is 1.61. The van der Waals surface area contributed by atoms with Crippen molar-refractivity contribution in [1.29, 1.82) is 0 Å². The Kier molecular flexibility index (Phi) is 3.91. The van der Waals surface area contributed by atoms with E-state index in [-0.39, 0.29) is 6.61 Å². The van der Waals surface area contributed by atoms with Gasteiger partial charge >= 0.3 is 0 Å². The number of anilines is 1. The van der Waals surface area contributed by atoms with Gasteiger partial charge in [0.05, 0.1) is 37.9 Å². The molecule has 1 unspecified atom stereocenters. The molecule has 2 saturated heterocycles. The van der Waals surface area contributed by atoms with Gasteiger partial charge in [0.2, 0.25) is 0 Å². The molecule has 1 aromatic rings. The molecule has 1 aromatic heterocycles. The highest BCUT2D eigenvalue weighted by Crippen LogP contribution is 2.21. The van der Waals surface area contributed by atoms with Gasteiger partial charge in [-0.05, 0) is 6.42 Å². The number of nitrogens with zero attached hydrogens (tertiary/aromatic N) is 4. The van der Waals surface area contributed by atoms with E-state index in [2.05, 4.69) is 19.8 Å². The van der Waals surface area contributed by atoms with Crippen molar-refractivity contribution < 1.29 is 9.84 Å². The van der Waals surface area contributed by atoms with E-state index in [1.807, 2.05) is 0 Å². The van der Waals surface area contributed by atoms with Gasteiger partial charge in [-0.2, -0.15) is 0 Å². The van der Waals surface area contributed by atoms with E-state index in [0.717, 1.165) is 45.2 Å². The second-order valence-corrected chi connectivity index (χ2v) is 5.06. The van der Waals surface area contributed by atoms with Gasteiger partial charge < -0.3 is 14.7 Å². The summed E-state index contributed by atoms with van der Waals surface area (Å²) >= 11 is 0. The minimum Gasteiger partial charge on any atom is -0.390 e. The molecule has 0 bridgehead atoms. The van der Waals surface area contributed by atoms with E-state index < -0.39 is 0 Å². The zero-order valence-corrected chi connectivity index (χ0v) is 11.0. The normalized spacial score (nSPS) is 24.9. The number of aliphatic hydroxyl groups is 1. The fourth-order valence-electron chi connectivity index (χ4n) is 2.78. The largest absolute Gasteiger partial charge is 0.390 e. The molecule has 1 atom stereocenters. The van der Waals surface area contributed by atoms with Crippen LogP contribution < -0.4 is 4.90 Å². The first-order chi connectivity index (χ1) is 9.36. The van der Waals surface area contributed by atoms with E-state index in [0.29, 0.717) is 11.7 Å². The first-order valence-electron chi connectivity index (χ1n) is 6.85. The summed E-state index contributed by atoms with van der Waals surface area (Å²) in [5.41, 5.74) is 0.618. The second-order valence-electron chi connectivity index (χ2n) is 5.06. The van der Waals surface area contributed by atoms with Gasteiger partial charge in [-0.1, -0.05) is 0 Å². The van der Waals surface area contributed by atoms with Crippen LogP contribution in [0, 0.1) is 0 Å². The highest BCUT2D eigenvalue weighted by atomic mass is 16.5. The molecule has 2 aliphatic rings. The molecule has 0 spiro atoms. The molecule has 0 aliphatic carbocycles. The summed E-state index contributed by atoms with van der Waals surface area (Å²) in [6.07, 6.45) is 4.58. The SMILES string of the molecule is OCc1cnc(N2CCC(N3CCOCC3)C2)cn1. The lowest BCUT2D eigenvalue weighted by Crippen LogP contribution is -2.44. The lowest BCUT2D eigenvalue weighted by Gasteiger charge is -2.32. The Hall–Kier alpha value is -1.24. The molecule has 6 heteroatoms. The predicted molar refractivity (Wildman–Crippen MR) is 71.0 cm³/mol. The average Bonchev–Trinajstić information content (AvgIpc) is 2.98. The molecule has 0 radical (unpaired) electrons. The molecular weight excluding hydrogens is 244 g/mol. The van der Waals surface area contributed by atoms with Gasteiger partial charge in [-0.25, -0.2) is 4.98 Å². The van der Waals surface area contributed by atoms with Crippen molar-refractivity contribution in [2.75, 3.05) is 44.3 Å². The van der Waals surface area contributed by atoms with Crippen LogP contribution in [0.15, 0.2) is 12.4 Å². The molecule has 104 valence electrons. The van der Waals surface area contributed by atoms with E-state index in [1.54, 1.807) is 12.4 Å². The minimum absolute atomic E-state index is 0.0519. The number of rotatable bonds is 3. The Morgan fingerprint density at radius 1 is 1.21 bits per heavy atom. The molecule has 3 rings (SSSR count). The van der Waals surface area contributed by atoms with Crippen molar-refractivity contribution in [1.82, 2.24) is 14.9 Å². The van der Waals surface area contributed by atoms with E-state index in [4.69, 9.17) is 9.84 Å². The molecule has 0 amide bonds. The van der Waals surface area contributed by atoms with Gasteiger partial charge in [0.25, 0.3) is 0 Å². The molecule has 2 aliphatic heterocycles. The van der Waals surface area contributed by atoms with Gasteiger partial charge in [-0.3, -0.25) is 9.88 Å². The minimum atomic E-state index is -0.0519. The third-order valence-electron chi connectivity index (χ3n) is 3.90. The van der Waals surface area contributed by atoms with Crippen LogP contribution in [-0.2, 0) is 11.3 Å². The number of ether oxygens (including phenoxy) is 1. The summed E-state index contributed by atoms with van der Waals surface area (Å²) in [4.78, 5) is 13.3. The maximum Gasteiger partial charge on any atom is 0.147 e. The summed E-state index contributed by atoms with van der Waals surface area (Å²) in [5.74, 6) is 0.910.